The summed E-state index contributed by atoms with van der Waals surface area (Å²) < 4.78 is 15.7. The van der Waals surface area contributed by atoms with Gasteiger partial charge < -0.3 is 4.90 Å². The van der Waals surface area contributed by atoms with Crippen LogP contribution in [0.2, 0.25) is 5.02 Å². The van der Waals surface area contributed by atoms with Crippen molar-refractivity contribution >= 4 is 34.2 Å². The van der Waals surface area contributed by atoms with Gasteiger partial charge in [-0.25, -0.2) is 14.1 Å². The van der Waals surface area contributed by atoms with Crippen LogP contribution in [-0.4, -0.2) is 27.7 Å². The van der Waals surface area contributed by atoms with Crippen LogP contribution in [0.5, 0.6) is 0 Å². The lowest BCUT2D eigenvalue weighted by molar-refractivity contribution is -0.122. The molecule has 2 heterocycles. The number of aryl methyl sites for hydroxylation is 2. The van der Waals surface area contributed by atoms with Gasteiger partial charge in [-0.1, -0.05) is 29.8 Å². The van der Waals surface area contributed by atoms with Gasteiger partial charge in [-0.3, -0.25) is 4.79 Å². The third-order valence-corrected chi connectivity index (χ3v) is 6.39. The summed E-state index contributed by atoms with van der Waals surface area (Å²) in [5, 5.41) is 5.85. The van der Waals surface area contributed by atoms with Crippen LogP contribution in [0.4, 0.5) is 10.1 Å². The molecule has 170 valence electrons. The standard InChI is InChI=1S/C26H26ClFN4O/c1-6-32-24-21(14-30-32)23(20-11-10-19(28)12-16(20)2)22(15-29-24)31(5)25(33)26(3,4)17-8-7-9-18(27)13-17/h7-15H,6H2,1-5H3. The predicted octanol–water partition coefficient (Wildman–Crippen LogP) is 6.16. The lowest BCUT2D eigenvalue weighted by Crippen LogP contribution is -2.41. The summed E-state index contributed by atoms with van der Waals surface area (Å²) in [6.45, 7) is 8.27. The second-order valence-corrected chi connectivity index (χ2v) is 9.11. The van der Waals surface area contributed by atoms with E-state index in [9.17, 15) is 9.18 Å². The fraction of sp³-hybridized carbons (Fsp3) is 0.269. The van der Waals surface area contributed by atoms with E-state index in [1.165, 1.54) is 12.1 Å². The number of nitrogens with zero attached hydrogens (tertiary/aromatic N) is 4. The van der Waals surface area contributed by atoms with E-state index in [1.54, 1.807) is 41.2 Å². The number of anilines is 1. The van der Waals surface area contributed by atoms with Crippen molar-refractivity contribution in [2.75, 3.05) is 11.9 Å². The third-order valence-electron chi connectivity index (χ3n) is 6.15. The highest BCUT2D eigenvalue weighted by Crippen LogP contribution is 2.39. The number of likely N-dealkylation sites (N-methyl/N-ethyl adjacent to an activating group) is 1. The van der Waals surface area contributed by atoms with Gasteiger partial charge >= 0.3 is 0 Å². The first-order chi connectivity index (χ1) is 15.6. The molecule has 5 nitrogen and oxygen atoms in total. The summed E-state index contributed by atoms with van der Waals surface area (Å²) in [4.78, 5) is 20.0. The van der Waals surface area contributed by atoms with Crippen LogP contribution in [0.1, 0.15) is 31.9 Å². The second-order valence-electron chi connectivity index (χ2n) is 8.67. The molecular formula is C26H26ClFN4O. The van der Waals surface area contributed by atoms with Gasteiger partial charge in [-0.2, -0.15) is 5.10 Å². The van der Waals surface area contributed by atoms with E-state index in [0.717, 1.165) is 33.3 Å². The minimum absolute atomic E-state index is 0.116. The summed E-state index contributed by atoms with van der Waals surface area (Å²) in [6, 6.07) is 12.0. The maximum atomic E-state index is 13.9. The highest BCUT2D eigenvalue weighted by atomic mass is 35.5. The summed E-state index contributed by atoms with van der Waals surface area (Å²) in [5.74, 6) is -0.423. The molecule has 2 aromatic heterocycles. The number of benzene rings is 2. The molecular weight excluding hydrogens is 439 g/mol. The normalized spacial score (nSPS) is 11.7. The first-order valence-corrected chi connectivity index (χ1v) is 11.2. The molecule has 4 aromatic rings. The third kappa shape index (κ3) is 4.00. The summed E-state index contributed by atoms with van der Waals surface area (Å²) in [7, 11) is 1.74. The van der Waals surface area contributed by atoms with Crippen molar-refractivity contribution in [3.8, 4) is 11.1 Å². The first kappa shape index (κ1) is 22.9. The van der Waals surface area contributed by atoms with Crippen molar-refractivity contribution in [2.24, 2.45) is 0 Å². The van der Waals surface area contributed by atoms with Crippen LogP contribution in [-0.2, 0) is 16.8 Å². The molecule has 0 fully saturated rings. The Hall–Kier alpha value is -3.25. The Kier molecular flexibility index (Phi) is 5.97. The first-order valence-electron chi connectivity index (χ1n) is 10.8. The van der Waals surface area contributed by atoms with Crippen molar-refractivity contribution in [2.45, 2.75) is 39.7 Å². The monoisotopic (exact) mass is 464 g/mol. The molecule has 4 rings (SSSR count). The van der Waals surface area contributed by atoms with E-state index >= 15 is 0 Å². The van der Waals surface area contributed by atoms with Crippen molar-refractivity contribution in [1.82, 2.24) is 14.8 Å². The SMILES string of the molecule is CCn1ncc2c(-c3ccc(F)cc3C)c(N(C)C(=O)C(C)(C)c3cccc(Cl)c3)cnc21. The molecule has 7 heteroatoms. The van der Waals surface area contributed by atoms with Crippen molar-refractivity contribution in [1.29, 1.82) is 0 Å². The summed E-state index contributed by atoms with van der Waals surface area (Å²) in [6.07, 6.45) is 3.45. The molecule has 0 aliphatic heterocycles. The number of rotatable bonds is 5. The van der Waals surface area contributed by atoms with Crippen molar-refractivity contribution in [3.05, 3.63) is 76.8 Å². The maximum Gasteiger partial charge on any atom is 0.236 e. The predicted molar refractivity (Wildman–Crippen MR) is 131 cm³/mol. The van der Waals surface area contributed by atoms with Crippen LogP contribution < -0.4 is 4.90 Å². The summed E-state index contributed by atoms with van der Waals surface area (Å²) >= 11 is 6.19. The molecule has 0 saturated carbocycles. The molecule has 2 aromatic carbocycles. The molecule has 0 saturated heterocycles. The van der Waals surface area contributed by atoms with E-state index < -0.39 is 5.41 Å². The van der Waals surface area contributed by atoms with E-state index in [2.05, 4.69) is 10.1 Å². The van der Waals surface area contributed by atoms with Gasteiger partial charge in [0, 0.05) is 29.6 Å². The minimum Gasteiger partial charge on any atom is -0.313 e. The Bertz CT molecular complexity index is 1360. The van der Waals surface area contributed by atoms with Gasteiger partial charge in [-0.05, 0) is 68.7 Å². The molecule has 0 unspecified atom stereocenters. The molecule has 1 amide bonds. The van der Waals surface area contributed by atoms with E-state index in [4.69, 9.17) is 11.6 Å². The Morgan fingerprint density at radius 3 is 2.61 bits per heavy atom. The average Bonchev–Trinajstić information content (AvgIpc) is 3.21. The zero-order chi connectivity index (χ0) is 23.9. The number of hydrogen-bond donors (Lipinski definition) is 0. The number of carbonyl (C=O) groups is 1. The molecule has 0 aliphatic carbocycles. The topological polar surface area (TPSA) is 51.0 Å². The van der Waals surface area contributed by atoms with Gasteiger partial charge in [0.1, 0.15) is 5.82 Å². The van der Waals surface area contributed by atoms with Crippen LogP contribution in [0, 0.1) is 12.7 Å². The summed E-state index contributed by atoms with van der Waals surface area (Å²) in [5.41, 5.74) is 3.73. The van der Waals surface area contributed by atoms with Crippen LogP contribution in [0.15, 0.2) is 54.9 Å². The number of hydrogen-bond acceptors (Lipinski definition) is 3. The highest BCUT2D eigenvalue weighted by Gasteiger charge is 2.34. The zero-order valence-electron chi connectivity index (χ0n) is 19.4. The van der Waals surface area contributed by atoms with Crippen molar-refractivity contribution in [3.63, 3.8) is 0 Å². The number of aromatic nitrogens is 3. The Balaban J connectivity index is 1.90. The van der Waals surface area contributed by atoms with Gasteiger partial charge in [0.25, 0.3) is 0 Å². The molecule has 0 N–H and O–H groups in total. The number of fused-ring (bicyclic) bond motifs is 1. The Labute approximate surface area is 197 Å². The number of halogens is 2. The molecule has 33 heavy (non-hydrogen) atoms. The molecule has 0 radical (unpaired) electrons. The smallest absolute Gasteiger partial charge is 0.236 e. The quantitative estimate of drug-likeness (QED) is 0.355. The van der Waals surface area contributed by atoms with E-state index in [0.29, 0.717) is 17.3 Å². The van der Waals surface area contributed by atoms with Gasteiger partial charge in [0.15, 0.2) is 5.65 Å². The largest absolute Gasteiger partial charge is 0.313 e. The van der Waals surface area contributed by atoms with Crippen LogP contribution in [0.25, 0.3) is 22.2 Å². The second kappa shape index (κ2) is 8.60. The van der Waals surface area contributed by atoms with Crippen LogP contribution >= 0.6 is 11.6 Å². The molecule has 0 bridgehead atoms. The molecule has 0 atom stereocenters. The fourth-order valence-corrected chi connectivity index (χ4v) is 4.41. The van der Waals surface area contributed by atoms with Crippen LogP contribution in [0.3, 0.4) is 0 Å². The van der Waals surface area contributed by atoms with Gasteiger partial charge in [0.2, 0.25) is 5.91 Å². The molecule has 0 aliphatic rings. The average molecular weight is 465 g/mol. The zero-order valence-corrected chi connectivity index (χ0v) is 20.1. The lowest BCUT2D eigenvalue weighted by atomic mass is 9.83. The molecule has 0 spiro atoms. The van der Waals surface area contributed by atoms with Gasteiger partial charge in [0.05, 0.1) is 23.5 Å². The number of amides is 1. The fourth-order valence-electron chi connectivity index (χ4n) is 4.22. The Morgan fingerprint density at radius 2 is 1.94 bits per heavy atom. The lowest BCUT2D eigenvalue weighted by Gasteiger charge is -2.31. The maximum absolute atomic E-state index is 13.9. The van der Waals surface area contributed by atoms with Gasteiger partial charge in [-0.15, -0.1) is 0 Å². The highest BCUT2D eigenvalue weighted by molar-refractivity contribution is 6.30. The number of carbonyl (C=O) groups excluding carboxylic acids is 1. The van der Waals surface area contributed by atoms with Crippen molar-refractivity contribution < 1.29 is 9.18 Å². The number of pyridine rings is 1. The van der Waals surface area contributed by atoms with E-state index in [1.807, 2.05) is 45.9 Å². The minimum atomic E-state index is -0.836. The Morgan fingerprint density at radius 1 is 1.18 bits per heavy atom. The van der Waals surface area contributed by atoms with E-state index in [-0.39, 0.29) is 11.7 Å².